The van der Waals surface area contributed by atoms with E-state index in [-0.39, 0.29) is 0 Å². The molecule has 0 bridgehead atoms. The number of fused-ring (bicyclic) bond motifs is 1. The molecule has 0 N–H and O–H groups in total. The van der Waals surface area contributed by atoms with Gasteiger partial charge in [-0.15, -0.1) is 0 Å². The van der Waals surface area contributed by atoms with Crippen LogP contribution in [0.5, 0.6) is 0 Å². The van der Waals surface area contributed by atoms with Gasteiger partial charge in [-0.25, -0.2) is 0 Å². The van der Waals surface area contributed by atoms with Crippen molar-refractivity contribution in [1.82, 2.24) is 0 Å². The molecule has 0 radical (unpaired) electrons. The fourth-order valence-corrected chi connectivity index (χ4v) is 2.75. The smallest absolute Gasteiger partial charge is 0.0408 e. The van der Waals surface area contributed by atoms with Gasteiger partial charge < -0.3 is 4.90 Å². The van der Waals surface area contributed by atoms with Crippen LogP contribution in [-0.4, -0.2) is 6.54 Å². The van der Waals surface area contributed by atoms with Crippen molar-refractivity contribution in [2.45, 2.75) is 19.3 Å². The lowest BCUT2D eigenvalue weighted by atomic mass is 9.87. The summed E-state index contributed by atoms with van der Waals surface area (Å²) in [4.78, 5) is 2.48. The molecule has 0 amide bonds. The number of nitrogens with zero attached hydrogens (tertiary/aromatic N) is 1. The molecule has 1 heterocycles. The van der Waals surface area contributed by atoms with Crippen LogP contribution in [0.4, 0.5) is 5.69 Å². The van der Waals surface area contributed by atoms with Crippen molar-refractivity contribution >= 4 is 5.69 Å². The predicted octanol–water partition coefficient (Wildman–Crippen LogP) is 3.75. The Labute approximate surface area is 97.1 Å². The third-order valence-electron chi connectivity index (χ3n) is 3.56. The average Bonchev–Trinajstić information content (AvgIpc) is 2.39. The topological polar surface area (TPSA) is 3.24 Å². The largest absolute Gasteiger partial charge is 0.345 e. The lowest BCUT2D eigenvalue weighted by Crippen LogP contribution is -2.33. The summed E-state index contributed by atoms with van der Waals surface area (Å²) in [6, 6.07) is 10.7. The first kappa shape index (κ1) is 9.71. The van der Waals surface area contributed by atoms with E-state index >= 15 is 0 Å². The number of benzene rings is 1. The molecule has 0 aromatic heterocycles. The summed E-state index contributed by atoms with van der Waals surface area (Å²) in [6.07, 6.45) is 10.7. The Balaban J connectivity index is 1.95. The first-order valence-corrected chi connectivity index (χ1v) is 6.14. The van der Waals surface area contributed by atoms with Crippen LogP contribution in [0, 0.1) is 5.92 Å². The van der Waals surface area contributed by atoms with Crippen LogP contribution in [0.1, 0.15) is 19.3 Å². The molecule has 82 valence electrons. The third kappa shape index (κ3) is 1.67. The second kappa shape index (κ2) is 4.17. The SMILES string of the molecule is C1=CCC2CCCN(c3ccccc3)C2=C1. The number of piperidine rings is 1. The molecule has 16 heavy (non-hydrogen) atoms. The summed E-state index contributed by atoms with van der Waals surface area (Å²) in [5.74, 6) is 0.749. The Morgan fingerprint density at radius 2 is 2.00 bits per heavy atom. The maximum atomic E-state index is 2.48. The average molecular weight is 211 g/mol. The summed E-state index contributed by atoms with van der Waals surface area (Å²) >= 11 is 0. The van der Waals surface area contributed by atoms with Gasteiger partial charge in [-0.2, -0.15) is 0 Å². The van der Waals surface area contributed by atoms with E-state index in [2.05, 4.69) is 53.5 Å². The molecular formula is C15H17N. The highest BCUT2D eigenvalue weighted by molar-refractivity contribution is 5.54. The quantitative estimate of drug-likeness (QED) is 0.684. The molecule has 1 nitrogen and oxygen atoms in total. The standard InChI is InChI=1S/C15H17N/c1-2-9-14(10-3-1)16-12-6-8-13-7-4-5-11-15(13)16/h1-5,9-11,13H,6-8,12H2. The van der Waals surface area contributed by atoms with Gasteiger partial charge in [0, 0.05) is 23.8 Å². The predicted molar refractivity (Wildman–Crippen MR) is 68.4 cm³/mol. The second-order valence-corrected chi connectivity index (χ2v) is 4.58. The highest BCUT2D eigenvalue weighted by Crippen LogP contribution is 2.35. The highest BCUT2D eigenvalue weighted by Gasteiger charge is 2.25. The van der Waals surface area contributed by atoms with Gasteiger partial charge in [0.05, 0.1) is 0 Å². The van der Waals surface area contributed by atoms with Crippen LogP contribution >= 0.6 is 0 Å². The second-order valence-electron chi connectivity index (χ2n) is 4.58. The van der Waals surface area contributed by atoms with Crippen LogP contribution in [0.2, 0.25) is 0 Å². The minimum absolute atomic E-state index is 0.749. The van der Waals surface area contributed by atoms with Gasteiger partial charge in [0.2, 0.25) is 0 Å². The van der Waals surface area contributed by atoms with E-state index in [0.29, 0.717) is 0 Å². The first-order chi connectivity index (χ1) is 7.95. The Morgan fingerprint density at radius 3 is 2.88 bits per heavy atom. The molecule has 1 fully saturated rings. The zero-order valence-electron chi connectivity index (χ0n) is 9.47. The Hall–Kier alpha value is -1.50. The lowest BCUT2D eigenvalue weighted by Gasteiger charge is -2.38. The van der Waals surface area contributed by atoms with Crippen LogP contribution in [0.3, 0.4) is 0 Å². The number of allylic oxidation sites excluding steroid dienone is 4. The van der Waals surface area contributed by atoms with Gasteiger partial charge in [0.15, 0.2) is 0 Å². The van der Waals surface area contributed by atoms with Crippen molar-refractivity contribution in [2.24, 2.45) is 5.92 Å². The third-order valence-corrected chi connectivity index (χ3v) is 3.56. The van der Waals surface area contributed by atoms with Crippen LogP contribution in [-0.2, 0) is 0 Å². The minimum atomic E-state index is 0.749. The summed E-state index contributed by atoms with van der Waals surface area (Å²) in [5, 5.41) is 0. The molecular weight excluding hydrogens is 194 g/mol. The summed E-state index contributed by atoms with van der Waals surface area (Å²) < 4.78 is 0. The van der Waals surface area contributed by atoms with Gasteiger partial charge in [-0.05, 0) is 37.5 Å². The molecule has 0 saturated carbocycles. The van der Waals surface area contributed by atoms with Crippen molar-refractivity contribution in [3.05, 3.63) is 54.3 Å². The van der Waals surface area contributed by atoms with Gasteiger partial charge in [-0.1, -0.05) is 30.4 Å². The number of para-hydroxylation sites is 1. The molecule has 1 heteroatoms. The van der Waals surface area contributed by atoms with Crippen molar-refractivity contribution in [1.29, 1.82) is 0 Å². The number of anilines is 1. The Bertz CT molecular complexity index is 416. The highest BCUT2D eigenvalue weighted by atomic mass is 15.2. The Morgan fingerprint density at radius 1 is 1.12 bits per heavy atom. The molecule has 1 unspecified atom stereocenters. The van der Waals surface area contributed by atoms with E-state index < -0.39 is 0 Å². The monoisotopic (exact) mass is 211 g/mol. The summed E-state index contributed by atoms with van der Waals surface area (Å²) in [7, 11) is 0. The summed E-state index contributed by atoms with van der Waals surface area (Å²) in [5.41, 5.74) is 2.86. The lowest BCUT2D eigenvalue weighted by molar-refractivity contribution is 0.475. The van der Waals surface area contributed by atoms with Gasteiger partial charge in [-0.3, -0.25) is 0 Å². The van der Waals surface area contributed by atoms with Crippen molar-refractivity contribution in [3.8, 4) is 0 Å². The van der Waals surface area contributed by atoms with Gasteiger partial charge in [0.1, 0.15) is 0 Å². The van der Waals surface area contributed by atoms with Crippen molar-refractivity contribution in [2.75, 3.05) is 11.4 Å². The fraction of sp³-hybridized carbons (Fsp3) is 0.333. The van der Waals surface area contributed by atoms with E-state index in [9.17, 15) is 0 Å². The van der Waals surface area contributed by atoms with Crippen LogP contribution in [0.15, 0.2) is 54.3 Å². The number of hydrogen-bond acceptors (Lipinski definition) is 1. The molecule has 1 aromatic carbocycles. The van der Waals surface area contributed by atoms with E-state index in [4.69, 9.17) is 0 Å². The molecule has 1 aliphatic carbocycles. The number of rotatable bonds is 1. The summed E-state index contributed by atoms with van der Waals surface area (Å²) in [6.45, 7) is 1.17. The van der Waals surface area contributed by atoms with Crippen LogP contribution < -0.4 is 4.90 Å². The normalized spacial score (nSPS) is 23.9. The number of hydrogen-bond donors (Lipinski definition) is 0. The molecule has 1 atom stereocenters. The zero-order valence-corrected chi connectivity index (χ0v) is 9.47. The van der Waals surface area contributed by atoms with Crippen LogP contribution in [0.25, 0.3) is 0 Å². The van der Waals surface area contributed by atoms with Gasteiger partial charge in [0.25, 0.3) is 0 Å². The van der Waals surface area contributed by atoms with E-state index in [1.807, 2.05) is 0 Å². The molecule has 3 rings (SSSR count). The van der Waals surface area contributed by atoms with Crippen molar-refractivity contribution in [3.63, 3.8) is 0 Å². The van der Waals surface area contributed by atoms with E-state index in [0.717, 1.165) is 5.92 Å². The molecule has 1 aromatic rings. The molecule has 0 spiro atoms. The first-order valence-electron chi connectivity index (χ1n) is 6.14. The van der Waals surface area contributed by atoms with Gasteiger partial charge >= 0.3 is 0 Å². The fourth-order valence-electron chi connectivity index (χ4n) is 2.75. The minimum Gasteiger partial charge on any atom is -0.345 e. The Kier molecular flexibility index (Phi) is 2.53. The molecule has 1 saturated heterocycles. The van der Waals surface area contributed by atoms with Crippen molar-refractivity contribution < 1.29 is 0 Å². The molecule has 2 aliphatic rings. The maximum absolute atomic E-state index is 2.48. The van der Waals surface area contributed by atoms with E-state index in [1.165, 1.54) is 37.2 Å². The zero-order chi connectivity index (χ0) is 10.8. The van der Waals surface area contributed by atoms with E-state index in [1.54, 1.807) is 0 Å². The molecule has 1 aliphatic heterocycles. The maximum Gasteiger partial charge on any atom is 0.0408 e.